The van der Waals surface area contributed by atoms with Gasteiger partial charge in [-0.2, -0.15) is 5.10 Å². The number of nitrogens with zero attached hydrogens (tertiary/aromatic N) is 2. The number of carbonyl (C=O) groups is 1. The molecule has 114 valence electrons. The molecular weight excluding hydrogens is 274 g/mol. The number of fused-ring (bicyclic) bond motifs is 1. The van der Waals surface area contributed by atoms with E-state index in [0.29, 0.717) is 0 Å². The van der Waals surface area contributed by atoms with Gasteiger partial charge in [0.05, 0.1) is 16.9 Å². The predicted octanol–water partition coefficient (Wildman–Crippen LogP) is 3.25. The molecule has 0 spiro atoms. The smallest absolute Gasteiger partial charge is 0.204 e. The molecule has 0 atom stereocenters. The van der Waals surface area contributed by atoms with Gasteiger partial charge in [-0.05, 0) is 36.6 Å². The molecule has 0 aliphatic carbocycles. The van der Waals surface area contributed by atoms with E-state index < -0.39 is 0 Å². The number of aromatic nitrogens is 2. The molecule has 2 aromatic carbocycles. The molecule has 1 aromatic heterocycles. The number of para-hydroxylation sites is 1. The van der Waals surface area contributed by atoms with Crippen molar-refractivity contribution >= 4 is 17.3 Å². The van der Waals surface area contributed by atoms with Crippen molar-refractivity contribution in [2.75, 3.05) is 0 Å². The number of amides is 1. The highest BCUT2D eigenvalue weighted by Crippen LogP contribution is 2.26. The van der Waals surface area contributed by atoms with Gasteiger partial charge in [-0.25, -0.2) is 4.68 Å². The minimum atomic E-state index is 0.250. The highest BCUT2D eigenvalue weighted by atomic mass is 16.1. The third-order valence-corrected chi connectivity index (χ3v) is 3.60. The fourth-order valence-corrected chi connectivity index (χ4v) is 2.68. The van der Waals surface area contributed by atoms with Gasteiger partial charge in [0.1, 0.15) is 0 Å². The molecule has 4 nitrogen and oxygen atoms in total. The van der Waals surface area contributed by atoms with Crippen LogP contribution in [-0.4, -0.2) is 16.2 Å². The van der Waals surface area contributed by atoms with Crippen molar-refractivity contribution in [2.24, 2.45) is 5.73 Å². The molecule has 1 heterocycles. The topological polar surface area (TPSA) is 60.9 Å². The second kappa shape index (κ2) is 7.41. The third-order valence-electron chi connectivity index (χ3n) is 3.60. The van der Waals surface area contributed by atoms with Gasteiger partial charge < -0.3 is 5.73 Å². The molecule has 3 aromatic rings. The van der Waals surface area contributed by atoms with Crippen molar-refractivity contribution in [1.82, 2.24) is 9.78 Å². The Morgan fingerprint density at radius 2 is 1.73 bits per heavy atom. The zero-order chi connectivity index (χ0) is 15.9. The Bertz CT molecular complexity index is 748. The second-order valence-electron chi connectivity index (χ2n) is 4.85. The molecule has 1 amide bonds. The molecule has 0 fully saturated rings. The van der Waals surface area contributed by atoms with E-state index in [-0.39, 0.29) is 6.41 Å². The Morgan fingerprint density at radius 3 is 2.32 bits per heavy atom. The number of rotatable bonds is 3. The van der Waals surface area contributed by atoms with Crippen LogP contribution < -0.4 is 5.73 Å². The van der Waals surface area contributed by atoms with Gasteiger partial charge in [-0.3, -0.25) is 4.79 Å². The Labute approximate surface area is 130 Å². The van der Waals surface area contributed by atoms with E-state index >= 15 is 0 Å². The normalized spacial score (nSPS) is 10.1. The Balaban J connectivity index is 0.000000545. The number of hydrogen-bond acceptors (Lipinski definition) is 2. The van der Waals surface area contributed by atoms with Crippen LogP contribution >= 0.6 is 0 Å². The second-order valence-corrected chi connectivity index (χ2v) is 4.85. The van der Waals surface area contributed by atoms with Crippen LogP contribution in [0.25, 0.3) is 16.6 Å². The van der Waals surface area contributed by atoms with Crippen molar-refractivity contribution < 1.29 is 4.79 Å². The van der Waals surface area contributed by atoms with Crippen molar-refractivity contribution in [3.63, 3.8) is 0 Å². The van der Waals surface area contributed by atoms with Gasteiger partial charge in [0, 0.05) is 5.39 Å². The number of aryl methyl sites for hydroxylation is 2. The van der Waals surface area contributed by atoms with E-state index in [4.69, 9.17) is 9.89 Å². The molecule has 0 radical (unpaired) electrons. The SMILES string of the molecule is CCc1cccc2nn(-c3ccccc3)c(CC)c12.NC=O. The zero-order valence-corrected chi connectivity index (χ0v) is 13.0. The summed E-state index contributed by atoms with van der Waals surface area (Å²) >= 11 is 0. The summed E-state index contributed by atoms with van der Waals surface area (Å²) in [5.74, 6) is 0. The standard InChI is InChI=1S/C17H18N2.CH3NO/c1-3-13-9-8-12-15-17(13)16(4-2)19(18-15)14-10-6-5-7-11-14;2-1-3/h5-12H,3-4H2,1-2H3;1H,(H2,2,3). The average Bonchev–Trinajstić information content (AvgIpc) is 2.95. The van der Waals surface area contributed by atoms with Gasteiger partial charge in [-0.1, -0.05) is 44.2 Å². The van der Waals surface area contributed by atoms with E-state index in [2.05, 4.69) is 66.7 Å². The molecule has 0 saturated carbocycles. The molecule has 0 unspecified atom stereocenters. The highest BCUT2D eigenvalue weighted by Gasteiger charge is 2.13. The quantitative estimate of drug-likeness (QED) is 0.754. The number of nitrogens with two attached hydrogens (primary N) is 1. The minimum Gasteiger partial charge on any atom is -0.372 e. The van der Waals surface area contributed by atoms with Gasteiger partial charge in [0.15, 0.2) is 0 Å². The fraction of sp³-hybridized carbons (Fsp3) is 0.222. The van der Waals surface area contributed by atoms with Crippen molar-refractivity contribution in [1.29, 1.82) is 0 Å². The molecule has 0 saturated heterocycles. The monoisotopic (exact) mass is 295 g/mol. The number of primary amides is 1. The van der Waals surface area contributed by atoms with Crippen LogP contribution in [-0.2, 0) is 17.6 Å². The van der Waals surface area contributed by atoms with Crippen LogP contribution in [0.3, 0.4) is 0 Å². The number of hydrogen-bond donors (Lipinski definition) is 1. The zero-order valence-electron chi connectivity index (χ0n) is 13.0. The molecule has 0 bridgehead atoms. The lowest BCUT2D eigenvalue weighted by atomic mass is 10.0. The summed E-state index contributed by atoms with van der Waals surface area (Å²) in [6, 6.07) is 16.8. The summed E-state index contributed by atoms with van der Waals surface area (Å²) in [7, 11) is 0. The molecule has 4 heteroatoms. The summed E-state index contributed by atoms with van der Waals surface area (Å²) in [5.41, 5.74) is 9.09. The fourth-order valence-electron chi connectivity index (χ4n) is 2.68. The van der Waals surface area contributed by atoms with Gasteiger partial charge in [-0.15, -0.1) is 0 Å². The first-order chi connectivity index (χ1) is 10.8. The molecule has 0 aliphatic heterocycles. The maximum atomic E-state index is 8.58. The van der Waals surface area contributed by atoms with Crippen LogP contribution in [0.2, 0.25) is 0 Å². The third kappa shape index (κ3) is 3.01. The van der Waals surface area contributed by atoms with Gasteiger partial charge >= 0.3 is 0 Å². The first-order valence-corrected chi connectivity index (χ1v) is 7.47. The maximum absolute atomic E-state index is 8.58. The summed E-state index contributed by atoms with van der Waals surface area (Å²) in [5, 5.41) is 6.11. The van der Waals surface area contributed by atoms with E-state index in [9.17, 15) is 0 Å². The molecule has 22 heavy (non-hydrogen) atoms. The van der Waals surface area contributed by atoms with Crippen LogP contribution in [0.15, 0.2) is 48.5 Å². The highest BCUT2D eigenvalue weighted by molar-refractivity contribution is 5.85. The first-order valence-electron chi connectivity index (χ1n) is 7.47. The van der Waals surface area contributed by atoms with Crippen LogP contribution in [0.1, 0.15) is 25.1 Å². The van der Waals surface area contributed by atoms with E-state index in [1.807, 2.05) is 6.07 Å². The lowest BCUT2D eigenvalue weighted by Gasteiger charge is -2.06. The summed E-state index contributed by atoms with van der Waals surface area (Å²) < 4.78 is 2.09. The molecule has 3 rings (SSSR count). The largest absolute Gasteiger partial charge is 0.372 e. The van der Waals surface area contributed by atoms with E-state index in [1.54, 1.807) is 0 Å². The summed E-state index contributed by atoms with van der Waals surface area (Å²) in [4.78, 5) is 8.58. The van der Waals surface area contributed by atoms with Crippen LogP contribution in [0.4, 0.5) is 0 Å². The van der Waals surface area contributed by atoms with Crippen molar-refractivity contribution in [3.8, 4) is 5.69 Å². The lowest BCUT2D eigenvalue weighted by Crippen LogP contribution is -2.01. The van der Waals surface area contributed by atoms with Crippen molar-refractivity contribution in [2.45, 2.75) is 26.7 Å². The average molecular weight is 295 g/mol. The van der Waals surface area contributed by atoms with Gasteiger partial charge in [0.25, 0.3) is 0 Å². The van der Waals surface area contributed by atoms with E-state index in [1.165, 1.54) is 16.6 Å². The Kier molecular flexibility index (Phi) is 5.31. The Morgan fingerprint density at radius 1 is 1.05 bits per heavy atom. The minimum absolute atomic E-state index is 0.250. The Hall–Kier alpha value is -2.62. The van der Waals surface area contributed by atoms with Gasteiger partial charge in [0.2, 0.25) is 6.41 Å². The van der Waals surface area contributed by atoms with E-state index in [0.717, 1.165) is 24.0 Å². The molecule has 2 N–H and O–H groups in total. The molecular formula is C18H21N3O. The molecule has 0 aliphatic rings. The van der Waals surface area contributed by atoms with Crippen molar-refractivity contribution in [3.05, 3.63) is 59.8 Å². The lowest BCUT2D eigenvalue weighted by molar-refractivity contribution is -0.106. The number of benzene rings is 2. The predicted molar refractivity (Wildman–Crippen MR) is 90.1 cm³/mol. The summed E-state index contributed by atoms with van der Waals surface area (Å²) in [6.45, 7) is 4.40. The van der Waals surface area contributed by atoms with Crippen LogP contribution in [0, 0.1) is 0 Å². The summed E-state index contributed by atoms with van der Waals surface area (Å²) in [6.07, 6.45) is 2.28. The first kappa shape index (κ1) is 15.8. The van der Waals surface area contributed by atoms with Crippen LogP contribution in [0.5, 0.6) is 0 Å². The maximum Gasteiger partial charge on any atom is 0.204 e. The number of carbonyl (C=O) groups excluding carboxylic acids is 1.